The molecule has 5 heteroatoms. The number of aromatic hydroxyl groups is 1. The first-order chi connectivity index (χ1) is 14.0. The number of phenols is 1. The maximum Gasteiger partial charge on any atom is 0.511 e. The fourth-order valence-electron chi connectivity index (χ4n) is 3.88. The Balaban J connectivity index is 2.14. The molecule has 0 radical (unpaired) electrons. The molecule has 0 amide bonds. The first kappa shape index (κ1) is 23.1. The summed E-state index contributed by atoms with van der Waals surface area (Å²) >= 11 is 0. The third-order valence-corrected chi connectivity index (χ3v) is 5.35. The summed E-state index contributed by atoms with van der Waals surface area (Å²) in [5.74, 6) is 0.965. The highest BCUT2D eigenvalue weighted by atomic mass is 16.8. The van der Waals surface area contributed by atoms with Crippen molar-refractivity contribution in [3.8, 4) is 11.5 Å². The predicted molar refractivity (Wildman–Crippen MR) is 115 cm³/mol. The van der Waals surface area contributed by atoms with Gasteiger partial charge in [0.15, 0.2) is 0 Å². The van der Waals surface area contributed by atoms with Crippen LogP contribution in [-0.2, 0) is 15.9 Å². The fourth-order valence-corrected chi connectivity index (χ4v) is 3.88. The number of aryl methyl sites for hydroxylation is 1. The van der Waals surface area contributed by atoms with Gasteiger partial charge in [-0.25, -0.2) is 4.79 Å². The Morgan fingerprint density at radius 3 is 2.66 bits per heavy atom. The van der Waals surface area contributed by atoms with Crippen LogP contribution in [0.3, 0.4) is 0 Å². The third kappa shape index (κ3) is 7.64. The van der Waals surface area contributed by atoms with Crippen molar-refractivity contribution >= 4 is 6.16 Å². The number of carbonyl (C=O) groups excluding carboxylic acids is 1. The normalized spacial score (nSPS) is 16.2. The van der Waals surface area contributed by atoms with Crippen LogP contribution in [0.25, 0.3) is 0 Å². The van der Waals surface area contributed by atoms with Crippen LogP contribution in [0.4, 0.5) is 4.79 Å². The number of allylic oxidation sites excluding steroid dienone is 2. The Hall–Kier alpha value is -2.17. The summed E-state index contributed by atoms with van der Waals surface area (Å²) in [5, 5.41) is 10.8. The molecule has 1 aliphatic rings. The molecule has 0 aromatic heterocycles. The van der Waals surface area contributed by atoms with E-state index in [-0.39, 0.29) is 25.1 Å². The quantitative estimate of drug-likeness (QED) is 0.194. The standard InChI is InChI=1S/C24H36O5/c1-4-6-7-8-9-12-19-15-21(25)23(20-13-10-11-18(3)14-20)22(16-19)28-17-29-24(26)27-5-2/h14-16,20,25H,4-13,17H2,1-3H3. The summed E-state index contributed by atoms with van der Waals surface area (Å²) in [6.45, 7) is 6.07. The first-order valence-electron chi connectivity index (χ1n) is 11.0. The zero-order valence-corrected chi connectivity index (χ0v) is 18.2. The maximum atomic E-state index is 11.4. The van der Waals surface area contributed by atoms with Gasteiger partial charge in [-0.3, -0.25) is 0 Å². The number of hydrogen-bond donors (Lipinski definition) is 1. The highest BCUT2D eigenvalue weighted by Gasteiger charge is 2.22. The van der Waals surface area contributed by atoms with Crippen LogP contribution in [-0.4, -0.2) is 24.7 Å². The number of rotatable bonds is 11. The second kappa shape index (κ2) is 12.4. The second-order valence-electron chi connectivity index (χ2n) is 7.79. The highest BCUT2D eigenvalue weighted by Crippen LogP contribution is 2.42. The molecule has 0 aliphatic heterocycles. The molecule has 2 rings (SSSR count). The Morgan fingerprint density at radius 1 is 1.14 bits per heavy atom. The van der Waals surface area contributed by atoms with Crippen molar-refractivity contribution in [2.45, 2.75) is 84.5 Å². The van der Waals surface area contributed by atoms with Crippen LogP contribution in [0, 0.1) is 0 Å². The molecule has 0 saturated carbocycles. The Labute approximate surface area is 175 Å². The fraction of sp³-hybridized carbons (Fsp3) is 0.625. The molecule has 1 unspecified atom stereocenters. The van der Waals surface area contributed by atoms with Crippen molar-refractivity contribution in [3.63, 3.8) is 0 Å². The molecular formula is C24H36O5. The van der Waals surface area contributed by atoms with Crippen molar-refractivity contribution in [1.82, 2.24) is 0 Å². The zero-order chi connectivity index (χ0) is 21.1. The number of benzene rings is 1. The average molecular weight is 405 g/mol. The molecule has 1 aromatic carbocycles. The topological polar surface area (TPSA) is 65.0 Å². The van der Waals surface area contributed by atoms with E-state index in [2.05, 4.69) is 19.9 Å². The van der Waals surface area contributed by atoms with Gasteiger partial charge in [0.1, 0.15) is 11.5 Å². The molecule has 1 aliphatic carbocycles. The van der Waals surface area contributed by atoms with E-state index in [0.29, 0.717) is 5.75 Å². The number of ether oxygens (including phenoxy) is 3. The molecule has 0 bridgehead atoms. The third-order valence-electron chi connectivity index (χ3n) is 5.35. The van der Waals surface area contributed by atoms with Crippen LogP contribution in [0.5, 0.6) is 11.5 Å². The molecule has 162 valence electrons. The lowest BCUT2D eigenvalue weighted by Crippen LogP contribution is -2.13. The maximum absolute atomic E-state index is 11.4. The second-order valence-corrected chi connectivity index (χ2v) is 7.79. The van der Waals surface area contributed by atoms with E-state index in [1.807, 2.05) is 12.1 Å². The van der Waals surface area contributed by atoms with Gasteiger partial charge in [-0.1, -0.05) is 44.3 Å². The number of hydrogen-bond acceptors (Lipinski definition) is 5. The van der Waals surface area contributed by atoms with Gasteiger partial charge in [0, 0.05) is 11.5 Å². The molecule has 29 heavy (non-hydrogen) atoms. The number of phenolic OH excluding ortho intramolecular Hbond substituents is 1. The largest absolute Gasteiger partial charge is 0.511 e. The summed E-state index contributed by atoms with van der Waals surface area (Å²) in [7, 11) is 0. The Morgan fingerprint density at radius 2 is 1.93 bits per heavy atom. The van der Waals surface area contributed by atoms with Crippen molar-refractivity contribution in [3.05, 3.63) is 34.9 Å². The number of carbonyl (C=O) groups is 1. The molecule has 1 N–H and O–H groups in total. The molecule has 0 saturated heterocycles. The van der Waals surface area contributed by atoms with Gasteiger partial charge in [-0.05, 0) is 63.6 Å². The van der Waals surface area contributed by atoms with E-state index in [0.717, 1.165) is 43.2 Å². The average Bonchev–Trinajstić information content (AvgIpc) is 2.68. The molecule has 0 spiro atoms. The van der Waals surface area contributed by atoms with Gasteiger partial charge < -0.3 is 19.3 Å². The van der Waals surface area contributed by atoms with E-state index < -0.39 is 6.16 Å². The number of unbranched alkanes of at least 4 members (excludes halogenated alkanes) is 4. The molecular weight excluding hydrogens is 368 g/mol. The summed E-state index contributed by atoms with van der Waals surface area (Å²) in [6.07, 6.45) is 11.5. The van der Waals surface area contributed by atoms with Crippen LogP contribution < -0.4 is 4.74 Å². The van der Waals surface area contributed by atoms with Crippen molar-refractivity contribution in [1.29, 1.82) is 0 Å². The summed E-state index contributed by atoms with van der Waals surface area (Å²) < 4.78 is 15.5. The highest BCUT2D eigenvalue weighted by molar-refractivity contribution is 5.59. The van der Waals surface area contributed by atoms with E-state index in [4.69, 9.17) is 14.2 Å². The van der Waals surface area contributed by atoms with Gasteiger partial charge in [-0.15, -0.1) is 0 Å². The monoisotopic (exact) mass is 404 g/mol. The smallest absolute Gasteiger partial charge is 0.507 e. The zero-order valence-electron chi connectivity index (χ0n) is 18.2. The minimum absolute atomic E-state index is 0.111. The van der Waals surface area contributed by atoms with Crippen LogP contribution in [0.1, 0.15) is 89.2 Å². The predicted octanol–water partition coefficient (Wildman–Crippen LogP) is 6.63. The molecule has 0 heterocycles. The summed E-state index contributed by atoms with van der Waals surface area (Å²) in [5.41, 5.74) is 3.16. The van der Waals surface area contributed by atoms with Crippen LogP contribution in [0.2, 0.25) is 0 Å². The molecule has 1 aromatic rings. The van der Waals surface area contributed by atoms with Crippen molar-refractivity contribution in [2.75, 3.05) is 13.4 Å². The lowest BCUT2D eigenvalue weighted by molar-refractivity contribution is 0.00640. The summed E-state index contributed by atoms with van der Waals surface area (Å²) in [4.78, 5) is 11.4. The molecule has 1 atom stereocenters. The van der Waals surface area contributed by atoms with Gasteiger partial charge in [0.2, 0.25) is 6.79 Å². The van der Waals surface area contributed by atoms with Gasteiger partial charge >= 0.3 is 6.16 Å². The first-order valence-corrected chi connectivity index (χ1v) is 11.0. The summed E-state index contributed by atoms with van der Waals surface area (Å²) in [6, 6.07) is 3.85. The lowest BCUT2D eigenvalue weighted by atomic mass is 9.84. The van der Waals surface area contributed by atoms with Crippen molar-refractivity contribution in [2.24, 2.45) is 0 Å². The van der Waals surface area contributed by atoms with E-state index in [1.165, 1.54) is 31.3 Å². The van der Waals surface area contributed by atoms with Gasteiger partial charge in [0.05, 0.1) is 6.61 Å². The van der Waals surface area contributed by atoms with E-state index in [9.17, 15) is 9.90 Å². The van der Waals surface area contributed by atoms with E-state index >= 15 is 0 Å². The lowest BCUT2D eigenvalue weighted by Gasteiger charge is -2.24. The van der Waals surface area contributed by atoms with Gasteiger partial charge in [0.25, 0.3) is 0 Å². The van der Waals surface area contributed by atoms with Crippen molar-refractivity contribution < 1.29 is 24.1 Å². The van der Waals surface area contributed by atoms with Crippen LogP contribution >= 0.6 is 0 Å². The minimum Gasteiger partial charge on any atom is -0.507 e. The minimum atomic E-state index is -0.751. The Bertz CT molecular complexity index is 680. The Kier molecular flexibility index (Phi) is 9.89. The van der Waals surface area contributed by atoms with Crippen LogP contribution in [0.15, 0.2) is 23.8 Å². The molecule has 5 nitrogen and oxygen atoms in total. The molecule has 0 fully saturated rings. The van der Waals surface area contributed by atoms with Gasteiger partial charge in [-0.2, -0.15) is 0 Å². The van der Waals surface area contributed by atoms with E-state index in [1.54, 1.807) is 6.92 Å². The SMILES string of the molecule is CCCCCCCc1cc(O)c(C2C=C(C)CCC2)c(OCOC(=O)OCC)c1.